The van der Waals surface area contributed by atoms with Crippen molar-refractivity contribution in [1.29, 1.82) is 0 Å². The highest BCUT2D eigenvalue weighted by Crippen LogP contribution is 2.27. The van der Waals surface area contributed by atoms with E-state index in [1.807, 2.05) is 4.98 Å². The Balaban J connectivity index is 2.38. The molecular weight excluding hydrogens is 316 g/mol. The minimum Gasteiger partial charge on any atom is -0.479 e. The summed E-state index contributed by atoms with van der Waals surface area (Å²) >= 11 is 0. The maximum atomic E-state index is 11.8. The van der Waals surface area contributed by atoms with Crippen molar-refractivity contribution < 1.29 is 35.1 Å². The van der Waals surface area contributed by atoms with Crippen molar-refractivity contribution in [3.05, 3.63) is 32.6 Å². The average molecular weight is 332 g/mol. The Morgan fingerprint density at radius 3 is 2.52 bits per heavy atom. The van der Waals surface area contributed by atoms with E-state index in [9.17, 15) is 29.7 Å². The SMILES string of the molecule is O=C(O)C(O)Cc1cn([C@@H]2O[C@H](CO)[C@@H](O)[C@H]2O)c(=O)[nH]c1=O. The van der Waals surface area contributed by atoms with Gasteiger partial charge in [-0.2, -0.15) is 0 Å². The summed E-state index contributed by atoms with van der Waals surface area (Å²) in [5.41, 5.74) is -2.08. The van der Waals surface area contributed by atoms with Crippen molar-refractivity contribution in [2.75, 3.05) is 6.61 Å². The van der Waals surface area contributed by atoms with E-state index in [1.54, 1.807) is 0 Å². The summed E-state index contributed by atoms with van der Waals surface area (Å²) in [6.07, 6.45) is -6.99. The number of hydrogen-bond acceptors (Lipinski definition) is 8. The maximum absolute atomic E-state index is 11.8. The molecule has 1 saturated heterocycles. The van der Waals surface area contributed by atoms with Gasteiger partial charge in [-0.25, -0.2) is 9.59 Å². The molecule has 5 atom stereocenters. The van der Waals surface area contributed by atoms with E-state index < -0.39 is 60.9 Å². The van der Waals surface area contributed by atoms with Crippen LogP contribution in [0.4, 0.5) is 0 Å². The van der Waals surface area contributed by atoms with Crippen molar-refractivity contribution in [1.82, 2.24) is 9.55 Å². The van der Waals surface area contributed by atoms with Gasteiger partial charge in [-0.15, -0.1) is 0 Å². The van der Waals surface area contributed by atoms with Crippen LogP contribution in [0.25, 0.3) is 0 Å². The number of nitrogens with one attached hydrogen (secondary N) is 1. The number of hydrogen-bond donors (Lipinski definition) is 6. The summed E-state index contributed by atoms with van der Waals surface area (Å²) in [5.74, 6) is -1.55. The molecule has 1 aliphatic heterocycles. The Bertz CT molecular complexity index is 697. The van der Waals surface area contributed by atoms with E-state index in [-0.39, 0.29) is 5.56 Å². The standard InChI is InChI=1S/C12H16N2O9/c15-3-6-7(17)8(18)10(23-6)14-2-4(1-5(16)11(20)21)9(19)13-12(14)22/h2,5-8,10,15-18H,1,3H2,(H,20,21)(H,13,19,22)/t5?,6-,7-,8-,10-/m1/s1. The number of carboxylic acid groups (broad SMARTS) is 1. The van der Waals surface area contributed by atoms with Crippen LogP contribution in [-0.2, 0) is 16.0 Å². The molecule has 11 nitrogen and oxygen atoms in total. The molecular formula is C12H16N2O9. The number of rotatable bonds is 5. The monoisotopic (exact) mass is 332 g/mol. The number of ether oxygens (including phenoxy) is 1. The van der Waals surface area contributed by atoms with Gasteiger partial charge in [0.15, 0.2) is 12.3 Å². The van der Waals surface area contributed by atoms with Gasteiger partial charge in [0, 0.05) is 18.2 Å². The van der Waals surface area contributed by atoms with Gasteiger partial charge in [0.25, 0.3) is 5.56 Å². The van der Waals surface area contributed by atoms with Gasteiger partial charge in [-0.05, 0) is 0 Å². The van der Waals surface area contributed by atoms with E-state index in [2.05, 4.69) is 0 Å². The predicted octanol–water partition coefficient (Wildman–Crippen LogP) is -3.86. The quantitative estimate of drug-likeness (QED) is 0.314. The van der Waals surface area contributed by atoms with E-state index in [0.717, 1.165) is 10.8 Å². The molecule has 0 spiro atoms. The average Bonchev–Trinajstić information content (AvgIpc) is 2.77. The summed E-state index contributed by atoms with van der Waals surface area (Å²) < 4.78 is 5.92. The second kappa shape index (κ2) is 6.60. The second-order valence-corrected chi connectivity index (χ2v) is 5.11. The third kappa shape index (κ3) is 3.33. The fraction of sp³-hybridized carbons (Fsp3) is 0.583. The van der Waals surface area contributed by atoms with Crippen LogP contribution in [0, 0.1) is 0 Å². The molecule has 0 radical (unpaired) electrons. The summed E-state index contributed by atoms with van der Waals surface area (Å²) in [6, 6.07) is 0. The van der Waals surface area contributed by atoms with Gasteiger partial charge >= 0.3 is 11.7 Å². The molecule has 128 valence electrons. The number of aliphatic hydroxyl groups is 4. The molecule has 0 saturated carbocycles. The summed E-state index contributed by atoms with van der Waals surface area (Å²) in [4.78, 5) is 36.1. The molecule has 2 heterocycles. The molecule has 0 aliphatic carbocycles. The Hall–Kier alpha value is -2.05. The Labute approximate surface area is 128 Å². The molecule has 2 rings (SSSR count). The third-order valence-electron chi connectivity index (χ3n) is 3.53. The number of carbonyl (C=O) groups is 1. The van der Waals surface area contributed by atoms with Crippen molar-refractivity contribution in [3.8, 4) is 0 Å². The normalized spacial score (nSPS) is 28.7. The van der Waals surface area contributed by atoms with Crippen LogP contribution < -0.4 is 11.2 Å². The molecule has 0 amide bonds. The van der Waals surface area contributed by atoms with Crippen molar-refractivity contribution in [2.24, 2.45) is 0 Å². The Morgan fingerprint density at radius 2 is 2.00 bits per heavy atom. The van der Waals surface area contributed by atoms with Gasteiger partial charge < -0.3 is 30.3 Å². The molecule has 23 heavy (non-hydrogen) atoms. The Kier molecular flexibility index (Phi) is 4.97. The summed E-state index contributed by atoms with van der Waals surface area (Å²) in [7, 11) is 0. The number of nitrogens with zero attached hydrogens (tertiary/aromatic N) is 1. The van der Waals surface area contributed by atoms with Crippen molar-refractivity contribution >= 4 is 5.97 Å². The Morgan fingerprint density at radius 1 is 1.35 bits per heavy atom. The number of H-pyrrole nitrogens is 1. The molecule has 1 aromatic heterocycles. The van der Waals surface area contributed by atoms with Crippen LogP contribution in [0.2, 0.25) is 0 Å². The number of aromatic amines is 1. The van der Waals surface area contributed by atoms with Gasteiger partial charge in [0.1, 0.15) is 18.3 Å². The topological polar surface area (TPSA) is 182 Å². The number of carboxylic acids is 1. The van der Waals surface area contributed by atoms with Crippen LogP contribution in [0.15, 0.2) is 15.8 Å². The summed E-state index contributed by atoms with van der Waals surface area (Å²) in [5, 5.41) is 46.6. The highest BCUT2D eigenvalue weighted by atomic mass is 16.6. The third-order valence-corrected chi connectivity index (χ3v) is 3.53. The maximum Gasteiger partial charge on any atom is 0.332 e. The molecule has 11 heteroatoms. The van der Waals surface area contributed by atoms with Gasteiger partial charge in [-0.3, -0.25) is 14.3 Å². The second-order valence-electron chi connectivity index (χ2n) is 5.11. The van der Waals surface area contributed by atoms with Crippen LogP contribution in [0.1, 0.15) is 11.8 Å². The lowest BCUT2D eigenvalue weighted by Gasteiger charge is -2.18. The van der Waals surface area contributed by atoms with E-state index in [0.29, 0.717) is 0 Å². The molecule has 0 aromatic carbocycles. The van der Waals surface area contributed by atoms with Crippen LogP contribution >= 0.6 is 0 Å². The first-order valence-electron chi connectivity index (χ1n) is 6.64. The van der Waals surface area contributed by atoms with Crippen molar-refractivity contribution in [2.45, 2.75) is 37.1 Å². The predicted molar refractivity (Wildman–Crippen MR) is 71.7 cm³/mol. The zero-order valence-corrected chi connectivity index (χ0v) is 11.7. The number of aliphatic carboxylic acids is 1. The lowest BCUT2D eigenvalue weighted by Crippen LogP contribution is -2.39. The fourth-order valence-electron chi connectivity index (χ4n) is 2.27. The molecule has 6 N–H and O–H groups in total. The van der Waals surface area contributed by atoms with Gasteiger partial charge in [0.05, 0.1) is 6.61 Å². The highest BCUT2D eigenvalue weighted by molar-refractivity contribution is 5.72. The minimum absolute atomic E-state index is 0.225. The minimum atomic E-state index is -1.85. The van der Waals surface area contributed by atoms with E-state index >= 15 is 0 Å². The molecule has 1 aliphatic rings. The largest absolute Gasteiger partial charge is 0.479 e. The first-order valence-corrected chi connectivity index (χ1v) is 6.64. The molecule has 1 fully saturated rings. The number of aliphatic hydroxyl groups excluding tert-OH is 4. The van der Waals surface area contributed by atoms with E-state index in [4.69, 9.17) is 14.9 Å². The number of aromatic nitrogens is 2. The summed E-state index contributed by atoms with van der Waals surface area (Å²) in [6.45, 7) is -0.600. The smallest absolute Gasteiger partial charge is 0.332 e. The van der Waals surface area contributed by atoms with Gasteiger partial charge in [-0.1, -0.05) is 0 Å². The molecule has 0 bridgehead atoms. The molecule has 1 aromatic rings. The zero-order chi connectivity index (χ0) is 17.3. The van der Waals surface area contributed by atoms with Crippen LogP contribution in [0.5, 0.6) is 0 Å². The zero-order valence-electron chi connectivity index (χ0n) is 11.7. The first-order chi connectivity index (χ1) is 10.8. The van der Waals surface area contributed by atoms with Gasteiger partial charge in [0.2, 0.25) is 0 Å². The lowest BCUT2D eigenvalue weighted by atomic mass is 10.1. The van der Waals surface area contributed by atoms with E-state index in [1.165, 1.54) is 0 Å². The lowest BCUT2D eigenvalue weighted by molar-refractivity contribution is -0.146. The highest BCUT2D eigenvalue weighted by Gasteiger charge is 2.43. The van der Waals surface area contributed by atoms with Crippen LogP contribution in [-0.4, -0.2) is 72.1 Å². The fourth-order valence-corrected chi connectivity index (χ4v) is 2.27. The molecule has 1 unspecified atom stereocenters. The van der Waals surface area contributed by atoms with Crippen LogP contribution in [0.3, 0.4) is 0 Å². The van der Waals surface area contributed by atoms with Crippen molar-refractivity contribution in [3.63, 3.8) is 0 Å². The first kappa shape index (κ1) is 17.3.